The van der Waals surface area contributed by atoms with Crippen molar-refractivity contribution in [3.8, 4) is 11.1 Å². The van der Waals surface area contributed by atoms with Gasteiger partial charge in [-0.3, -0.25) is 9.69 Å². The minimum atomic E-state index is 0.0500. The highest BCUT2D eigenvalue weighted by Gasteiger charge is 2.27. The van der Waals surface area contributed by atoms with Gasteiger partial charge in [0.25, 0.3) is 5.91 Å². The summed E-state index contributed by atoms with van der Waals surface area (Å²) in [7, 11) is 7.58. The topological polar surface area (TPSA) is 66.3 Å². The van der Waals surface area contributed by atoms with E-state index in [4.69, 9.17) is 4.98 Å². The maximum atomic E-state index is 12.2. The zero-order valence-electron chi connectivity index (χ0n) is 22.4. The van der Waals surface area contributed by atoms with Gasteiger partial charge in [-0.2, -0.15) is 0 Å². The number of hydrogen-bond donors (Lipinski definition) is 1. The van der Waals surface area contributed by atoms with E-state index in [1.807, 2.05) is 37.6 Å². The first-order valence-corrected chi connectivity index (χ1v) is 13.0. The summed E-state index contributed by atoms with van der Waals surface area (Å²) in [6.45, 7) is 4.39. The van der Waals surface area contributed by atoms with Crippen molar-refractivity contribution < 1.29 is 4.79 Å². The number of anilines is 1. The first kappa shape index (κ1) is 25.0. The third kappa shape index (κ3) is 4.83. The molecule has 7 heteroatoms. The minimum absolute atomic E-state index is 0.0500. The maximum Gasteiger partial charge on any atom is 0.253 e. The summed E-state index contributed by atoms with van der Waals surface area (Å²) in [6.07, 6.45) is 6.04. The van der Waals surface area contributed by atoms with Crippen LogP contribution in [0.2, 0.25) is 0 Å². The summed E-state index contributed by atoms with van der Waals surface area (Å²) in [5, 5.41) is 4.24. The lowest BCUT2D eigenvalue weighted by Crippen LogP contribution is -2.35. The summed E-state index contributed by atoms with van der Waals surface area (Å²) in [5.74, 6) is 1.44. The number of aryl methyl sites for hydroxylation is 1. The SMILES string of the molecule is CNc1ccc(-c2ccnc3c2cc([C@@H](C)N2CCC(c4ccc(C(=O)N(C)C)cc4)CC2)n3C)cn1. The molecule has 0 aliphatic carbocycles. The van der Waals surface area contributed by atoms with Crippen LogP contribution in [0.15, 0.2) is 60.9 Å². The zero-order chi connectivity index (χ0) is 26.1. The Kier molecular flexibility index (Phi) is 6.98. The van der Waals surface area contributed by atoms with Crippen molar-refractivity contribution in [3.05, 3.63) is 77.7 Å². The predicted molar refractivity (Wildman–Crippen MR) is 150 cm³/mol. The Morgan fingerprint density at radius 1 is 1.05 bits per heavy atom. The van der Waals surface area contributed by atoms with Gasteiger partial charge in [-0.15, -0.1) is 0 Å². The van der Waals surface area contributed by atoms with E-state index in [2.05, 4.69) is 64.1 Å². The van der Waals surface area contributed by atoms with E-state index in [0.29, 0.717) is 5.92 Å². The number of fused-ring (bicyclic) bond motifs is 1. The molecule has 1 saturated heterocycles. The molecular formula is C30H36N6O. The normalized spacial score (nSPS) is 15.6. The first-order chi connectivity index (χ1) is 17.9. The Bertz CT molecular complexity index is 1380. The third-order valence-corrected chi connectivity index (χ3v) is 7.84. The number of hydrogen-bond acceptors (Lipinski definition) is 5. The van der Waals surface area contributed by atoms with Crippen molar-refractivity contribution >= 4 is 22.8 Å². The number of amides is 1. The second-order valence-electron chi connectivity index (χ2n) is 10.2. The highest BCUT2D eigenvalue weighted by atomic mass is 16.2. The number of likely N-dealkylation sites (tertiary alicyclic amines) is 1. The molecule has 4 heterocycles. The average Bonchev–Trinajstić information content (AvgIpc) is 3.29. The van der Waals surface area contributed by atoms with Crippen LogP contribution in [0.4, 0.5) is 5.82 Å². The maximum absolute atomic E-state index is 12.2. The summed E-state index contributed by atoms with van der Waals surface area (Å²) in [5.41, 5.74) is 6.61. The summed E-state index contributed by atoms with van der Waals surface area (Å²) < 4.78 is 2.24. The van der Waals surface area contributed by atoms with Gasteiger partial charge in [0.1, 0.15) is 11.5 Å². The highest BCUT2D eigenvalue weighted by molar-refractivity contribution is 5.94. The van der Waals surface area contributed by atoms with Crippen LogP contribution in [-0.2, 0) is 7.05 Å². The molecule has 4 aromatic rings. The first-order valence-electron chi connectivity index (χ1n) is 13.0. The lowest BCUT2D eigenvalue weighted by Gasteiger charge is -2.36. The van der Waals surface area contributed by atoms with Crippen LogP contribution in [0.3, 0.4) is 0 Å². The molecule has 5 rings (SSSR count). The molecule has 1 aromatic carbocycles. The second kappa shape index (κ2) is 10.3. The summed E-state index contributed by atoms with van der Waals surface area (Å²) in [4.78, 5) is 25.6. The third-order valence-electron chi connectivity index (χ3n) is 7.84. The fourth-order valence-corrected chi connectivity index (χ4v) is 5.56. The fourth-order valence-electron chi connectivity index (χ4n) is 5.56. The molecular weight excluding hydrogens is 460 g/mol. The Balaban J connectivity index is 1.32. The van der Waals surface area contributed by atoms with Crippen molar-refractivity contribution in [2.75, 3.05) is 39.5 Å². The largest absolute Gasteiger partial charge is 0.373 e. The van der Waals surface area contributed by atoms with Gasteiger partial charge < -0.3 is 14.8 Å². The average molecular weight is 497 g/mol. The molecule has 0 bridgehead atoms. The quantitative estimate of drug-likeness (QED) is 0.391. The van der Waals surface area contributed by atoms with Gasteiger partial charge in [0.05, 0.1) is 0 Å². The van der Waals surface area contributed by atoms with Gasteiger partial charge in [-0.1, -0.05) is 12.1 Å². The van der Waals surface area contributed by atoms with Gasteiger partial charge in [0.2, 0.25) is 0 Å². The molecule has 1 aliphatic heterocycles. The lowest BCUT2D eigenvalue weighted by molar-refractivity contribution is 0.0827. The highest BCUT2D eigenvalue weighted by Crippen LogP contribution is 2.36. The van der Waals surface area contributed by atoms with E-state index < -0.39 is 0 Å². The minimum Gasteiger partial charge on any atom is -0.373 e. The lowest BCUT2D eigenvalue weighted by atomic mass is 9.88. The van der Waals surface area contributed by atoms with Crippen molar-refractivity contribution in [1.82, 2.24) is 24.3 Å². The van der Waals surface area contributed by atoms with Crippen LogP contribution in [-0.4, -0.2) is 64.5 Å². The van der Waals surface area contributed by atoms with E-state index >= 15 is 0 Å². The summed E-state index contributed by atoms with van der Waals surface area (Å²) in [6, 6.07) is 17.0. The van der Waals surface area contributed by atoms with E-state index in [1.54, 1.807) is 19.0 Å². The van der Waals surface area contributed by atoms with Gasteiger partial charge in [-0.25, -0.2) is 9.97 Å². The number of rotatable bonds is 6. The molecule has 0 spiro atoms. The van der Waals surface area contributed by atoms with Crippen molar-refractivity contribution in [2.45, 2.75) is 31.7 Å². The molecule has 1 atom stereocenters. The number of carbonyl (C=O) groups is 1. The fraction of sp³-hybridized carbons (Fsp3) is 0.367. The van der Waals surface area contributed by atoms with E-state index in [0.717, 1.165) is 59.5 Å². The Hall–Kier alpha value is -3.71. The number of aromatic nitrogens is 3. The molecule has 0 unspecified atom stereocenters. The number of carbonyl (C=O) groups excluding carboxylic acids is 1. The molecule has 0 saturated carbocycles. The second-order valence-corrected chi connectivity index (χ2v) is 10.2. The monoisotopic (exact) mass is 496 g/mol. The molecule has 3 aromatic heterocycles. The van der Waals surface area contributed by atoms with Crippen LogP contribution in [0.25, 0.3) is 22.2 Å². The van der Waals surface area contributed by atoms with Crippen LogP contribution in [0.1, 0.15) is 53.3 Å². The number of nitrogens with one attached hydrogen (secondary N) is 1. The van der Waals surface area contributed by atoms with Gasteiger partial charge in [0.15, 0.2) is 0 Å². The van der Waals surface area contributed by atoms with Crippen LogP contribution in [0.5, 0.6) is 0 Å². The molecule has 1 amide bonds. The van der Waals surface area contributed by atoms with E-state index in [-0.39, 0.29) is 11.9 Å². The smallest absolute Gasteiger partial charge is 0.253 e. The predicted octanol–water partition coefficient (Wildman–Crippen LogP) is 5.32. The molecule has 1 aliphatic rings. The molecule has 192 valence electrons. The molecule has 7 nitrogen and oxygen atoms in total. The van der Waals surface area contributed by atoms with E-state index in [1.165, 1.54) is 11.3 Å². The number of pyridine rings is 2. The van der Waals surface area contributed by atoms with Crippen LogP contribution >= 0.6 is 0 Å². The molecule has 37 heavy (non-hydrogen) atoms. The standard InChI is InChI=1S/C30H36N6O/c1-20(36-16-13-22(14-17-36)21-6-8-23(9-7-21)30(37)34(3)4)27-18-26-25(12-15-32-29(26)35(27)5)24-10-11-28(31-2)33-19-24/h6-12,15,18-20,22H,13-14,16-17H2,1-5H3,(H,31,33)/t20-/m1/s1. The Morgan fingerprint density at radius 2 is 1.78 bits per heavy atom. The van der Waals surface area contributed by atoms with Crippen LogP contribution in [0, 0.1) is 0 Å². The number of nitrogens with zero attached hydrogens (tertiary/aromatic N) is 5. The van der Waals surface area contributed by atoms with Crippen molar-refractivity contribution in [3.63, 3.8) is 0 Å². The molecule has 0 radical (unpaired) electrons. The molecule has 1 N–H and O–H groups in total. The molecule has 1 fully saturated rings. The number of benzene rings is 1. The number of piperidine rings is 1. The van der Waals surface area contributed by atoms with Crippen molar-refractivity contribution in [1.29, 1.82) is 0 Å². The Morgan fingerprint density at radius 3 is 2.41 bits per heavy atom. The summed E-state index contributed by atoms with van der Waals surface area (Å²) >= 11 is 0. The zero-order valence-corrected chi connectivity index (χ0v) is 22.4. The van der Waals surface area contributed by atoms with E-state index in [9.17, 15) is 4.79 Å². The van der Waals surface area contributed by atoms with Gasteiger partial charge in [0, 0.05) is 68.8 Å². The van der Waals surface area contributed by atoms with Gasteiger partial charge in [-0.05, 0) is 86.3 Å². The van der Waals surface area contributed by atoms with Crippen LogP contribution < -0.4 is 5.32 Å². The Labute approximate surface area is 219 Å². The van der Waals surface area contributed by atoms with Crippen molar-refractivity contribution in [2.24, 2.45) is 7.05 Å². The van der Waals surface area contributed by atoms with Gasteiger partial charge >= 0.3 is 0 Å².